The van der Waals surface area contributed by atoms with Crippen LogP contribution in [0.5, 0.6) is 0 Å². The van der Waals surface area contributed by atoms with E-state index in [1.165, 1.54) is 17.5 Å². The average Bonchev–Trinajstić information content (AvgIpc) is 2.53. The molecule has 1 unspecified atom stereocenters. The molecule has 0 fully saturated rings. The summed E-state index contributed by atoms with van der Waals surface area (Å²) in [6, 6.07) is 18.9. The van der Waals surface area contributed by atoms with E-state index in [4.69, 9.17) is 10.5 Å². The molecule has 0 aromatic heterocycles. The number of nitrogens with two attached hydrogens (primary N) is 1. The minimum absolute atomic E-state index is 0.0450. The summed E-state index contributed by atoms with van der Waals surface area (Å²) < 4.78 is 5.71. The molecule has 2 nitrogen and oxygen atoms in total. The van der Waals surface area contributed by atoms with Gasteiger partial charge in [-0.15, -0.1) is 0 Å². The fourth-order valence-corrected chi connectivity index (χ4v) is 2.36. The molecule has 2 heteroatoms. The van der Waals surface area contributed by atoms with E-state index < -0.39 is 0 Å². The van der Waals surface area contributed by atoms with Crippen molar-refractivity contribution in [1.29, 1.82) is 0 Å². The normalized spacial score (nSPS) is 12.3. The number of rotatable bonds is 8. The number of benzene rings is 2. The molecular weight excluding hydrogens is 258 g/mol. The lowest BCUT2D eigenvalue weighted by Gasteiger charge is -2.13. The van der Waals surface area contributed by atoms with Gasteiger partial charge in [-0.2, -0.15) is 0 Å². The van der Waals surface area contributed by atoms with Crippen LogP contribution >= 0.6 is 0 Å². The Balaban J connectivity index is 1.72. The van der Waals surface area contributed by atoms with Crippen LogP contribution in [-0.4, -0.2) is 13.2 Å². The molecule has 0 radical (unpaired) electrons. The SMILES string of the molecule is CCCc1ccc(C(N)COCCc2ccccc2)cc1. The van der Waals surface area contributed by atoms with Gasteiger partial charge in [-0.3, -0.25) is 0 Å². The lowest BCUT2D eigenvalue weighted by Crippen LogP contribution is -2.18. The minimum atomic E-state index is -0.0450. The Morgan fingerprint density at radius 3 is 2.24 bits per heavy atom. The lowest BCUT2D eigenvalue weighted by molar-refractivity contribution is 0.124. The number of ether oxygens (including phenoxy) is 1. The predicted octanol–water partition coefficient (Wildman–Crippen LogP) is 3.90. The van der Waals surface area contributed by atoms with E-state index in [0.29, 0.717) is 13.2 Å². The van der Waals surface area contributed by atoms with E-state index >= 15 is 0 Å². The number of aryl methyl sites for hydroxylation is 1. The summed E-state index contributed by atoms with van der Waals surface area (Å²) in [5.74, 6) is 0. The van der Waals surface area contributed by atoms with Crippen LogP contribution in [0.3, 0.4) is 0 Å². The molecule has 1 atom stereocenters. The molecule has 2 aromatic rings. The first-order chi connectivity index (χ1) is 10.3. The van der Waals surface area contributed by atoms with Crippen molar-refractivity contribution in [3.05, 3.63) is 71.3 Å². The Labute approximate surface area is 127 Å². The number of hydrogen-bond acceptors (Lipinski definition) is 2. The first-order valence-electron chi connectivity index (χ1n) is 7.75. The highest BCUT2D eigenvalue weighted by molar-refractivity contribution is 5.25. The zero-order valence-corrected chi connectivity index (χ0v) is 12.8. The Hall–Kier alpha value is -1.64. The standard InChI is InChI=1S/C19H25NO/c1-2-6-16-9-11-18(12-10-16)19(20)15-21-14-13-17-7-4-3-5-8-17/h3-5,7-12,19H,2,6,13-15,20H2,1H3. The minimum Gasteiger partial charge on any atom is -0.379 e. The molecule has 2 rings (SSSR count). The molecule has 112 valence electrons. The van der Waals surface area contributed by atoms with E-state index in [-0.39, 0.29) is 6.04 Å². The zero-order chi connectivity index (χ0) is 14.9. The van der Waals surface area contributed by atoms with Gasteiger partial charge >= 0.3 is 0 Å². The second kappa shape index (κ2) is 8.60. The molecule has 0 heterocycles. The van der Waals surface area contributed by atoms with Gasteiger partial charge in [-0.25, -0.2) is 0 Å². The molecule has 0 aliphatic heterocycles. The van der Waals surface area contributed by atoms with Crippen LogP contribution < -0.4 is 5.73 Å². The van der Waals surface area contributed by atoms with Crippen LogP contribution in [0, 0.1) is 0 Å². The van der Waals surface area contributed by atoms with Gasteiger partial charge < -0.3 is 10.5 Å². The van der Waals surface area contributed by atoms with Crippen LogP contribution in [0.25, 0.3) is 0 Å². The van der Waals surface area contributed by atoms with Gasteiger partial charge in [0.25, 0.3) is 0 Å². The molecule has 21 heavy (non-hydrogen) atoms. The smallest absolute Gasteiger partial charge is 0.0659 e. The molecular formula is C19H25NO. The van der Waals surface area contributed by atoms with Crippen LogP contribution in [0.4, 0.5) is 0 Å². The topological polar surface area (TPSA) is 35.2 Å². The van der Waals surface area contributed by atoms with Crippen molar-refractivity contribution >= 4 is 0 Å². The molecule has 2 N–H and O–H groups in total. The van der Waals surface area contributed by atoms with E-state index in [0.717, 1.165) is 18.4 Å². The quantitative estimate of drug-likeness (QED) is 0.746. The zero-order valence-electron chi connectivity index (χ0n) is 12.8. The fourth-order valence-electron chi connectivity index (χ4n) is 2.36. The molecule has 0 bridgehead atoms. The lowest BCUT2D eigenvalue weighted by atomic mass is 10.0. The first-order valence-corrected chi connectivity index (χ1v) is 7.75. The van der Waals surface area contributed by atoms with Crippen LogP contribution in [0.2, 0.25) is 0 Å². The Kier molecular flexibility index (Phi) is 6.45. The van der Waals surface area contributed by atoms with Crippen molar-refractivity contribution in [3.63, 3.8) is 0 Å². The summed E-state index contributed by atoms with van der Waals surface area (Å²) in [5, 5.41) is 0. The Bertz CT molecular complexity index is 507. The highest BCUT2D eigenvalue weighted by Crippen LogP contribution is 2.13. The summed E-state index contributed by atoms with van der Waals surface area (Å²) >= 11 is 0. The maximum absolute atomic E-state index is 6.17. The second-order valence-corrected chi connectivity index (χ2v) is 5.41. The molecule has 2 aromatic carbocycles. The van der Waals surface area contributed by atoms with Crippen LogP contribution in [0.15, 0.2) is 54.6 Å². The van der Waals surface area contributed by atoms with Crippen molar-refractivity contribution in [2.24, 2.45) is 5.73 Å². The van der Waals surface area contributed by atoms with E-state index in [9.17, 15) is 0 Å². The molecule has 0 saturated heterocycles. The Morgan fingerprint density at radius 1 is 0.905 bits per heavy atom. The molecule has 0 aliphatic rings. The second-order valence-electron chi connectivity index (χ2n) is 5.41. The summed E-state index contributed by atoms with van der Waals surface area (Å²) in [5.41, 5.74) is 10.00. The van der Waals surface area contributed by atoms with Crippen molar-refractivity contribution in [1.82, 2.24) is 0 Å². The fraction of sp³-hybridized carbons (Fsp3) is 0.368. The molecule has 0 spiro atoms. The van der Waals surface area contributed by atoms with E-state index in [2.05, 4.69) is 55.5 Å². The summed E-state index contributed by atoms with van der Waals surface area (Å²) in [4.78, 5) is 0. The van der Waals surface area contributed by atoms with Gasteiger partial charge in [0.2, 0.25) is 0 Å². The van der Waals surface area contributed by atoms with Crippen molar-refractivity contribution < 1.29 is 4.74 Å². The Morgan fingerprint density at radius 2 is 1.57 bits per heavy atom. The van der Waals surface area contributed by atoms with Gasteiger partial charge in [0.1, 0.15) is 0 Å². The van der Waals surface area contributed by atoms with Gasteiger partial charge in [0.05, 0.1) is 19.3 Å². The van der Waals surface area contributed by atoms with Crippen molar-refractivity contribution in [3.8, 4) is 0 Å². The maximum Gasteiger partial charge on any atom is 0.0659 e. The van der Waals surface area contributed by atoms with Crippen LogP contribution in [0.1, 0.15) is 36.1 Å². The van der Waals surface area contributed by atoms with Crippen LogP contribution in [-0.2, 0) is 17.6 Å². The first kappa shape index (κ1) is 15.7. The monoisotopic (exact) mass is 283 g/mol. The van der Waals surface area contributed by atoms with Crippen molar-refractivity contribution in [2.45, 2.75) is 32.2 Å². The average molecular weight is 283 g/mol. The third kappa shape index (κ3) is 5.33. The molecule has 0 amide bonds. The largest absolute Gasteiger partial charge is 0.379 e. The molecule has 0 saturated carbocycles. The highest BCUT2D eigenvalue weighted by atomic mass is 16.5. The van der Waals surface area contributed by atoms with E-state index in [1.54, 1.807) is 0 Å². The summed E-state index contributed by atoms with van der Waals surface area (Å²) in [6.45, 7) is 3.48. The van der Waals surface area contributed by atoms with Gasteiger partial charge in [0, 0.05) is 0 Å². The summed E-state index contributed by atoms with van der Waals surface area (Å²) in [7, 11) is 0. The molecule has 0 aliphatic carbocycles. The summed E-state index contributed by atoms with van der Waals surface area (Å²) in [6.07, 6.45) is 3.24. The predicted molar refractivity (Wildman–Crippen MR) is 88.3 cm³/mol. The third-order valence-corrected chi connectivity index (χ3v) is 3.62. The van der Waals surface area contributed by atoms with E-state index in [1.807, 2.05) is 6.07 Å². The van der Waals surface area contributed by atoms with Crippen molar-refractivity contribution in [2.75, 3.05) is 13.2 Å². The van der Waals surface area contributed by atoms with Gasteiger partial charge in [0.15, 0.2) is 0 Å². The van der Waals surface area contributed by atoms with Gasteiger partial charge in [-0.05, 0) is 29.5 Å². The maximum atomic E-state index is 6.17. The number of hydrogen-bond donors (Lipinski definition) is 1. The highest BCUT2D eigenvalue weighted by Gasteiger charge is 2.06. The third-order valence-electron chi connectivity index (χ3n) is 3.62. The van der Waals surface area contributed by atoms with Gasteiger partial charge in [-0.1, -0.05) is 67.9 Å².